The summed E-state index contributed by atoms with van der Waals surface area (Å²) in [5.74, 6) is 0.249. The molecular weight excluding hydrogens is 536 g/mol. The molecule has 9 aromatic rings. The molecule has 0 fully saturated rings. The van der Waals surface area contributed by atoms with Crippen molar-refractivity contribution in [1.82, 2.24) is 9.13 Å². The molecule has 5 heteroatoms. The fourth-order valence-corrected chi connectivity index (χ4v) is 7.88. The summed E-state index contributed by atoms with van der Waals surface area (Å²) in [6.45, 7) is 6.38. The number of hydrogen-bond donors (Lipinski definition) is 1. The molecule has 202 valence electrons. The van der Waals surface area contributed by atoms with Crippen molar-refractivity contribution in [2.75, 3.05) is 0 Å². The van der Waals surface area contributed by atoms with Crippen LogP contribution in [0, 0.1) is 20.8 Å². The second-order valence-electron chi connectivity index (χ2n) is 11.5. The molecule has 0 radical (unpaired) electrons. The average molecular weight is 563 g/mol. The molecule has 0 aliphatic carbocycles. The zero-order chi connectivity index (χ0) is 28.3. The number of fused-ring (bicyclic) bond motifs is 10. The van der Waals surface area contributed by atoms with Crippen LogP contribution >= 0.6 is 11.3 Å². The molecule has 0 aliphatic rings. The molecule has 5 aromatic carbocycles. The van der Waals surface area contributed by atoms with Crippen LogP contribution in [0.2, 0.25) is 0 Å². The standard InChI is InChI=1S/C37H26N2O2S/c1-20-4-8-23(9-5-20)39-31-18-28-30(19-29(31)37-35(39)27-15-7-22(3)17-33(27)42-37)38(24-10-12-25(40)13-11-24)34-26-14-6-21(2)16-32(26)41-36(28)34/h4-19,40H,1-3H3. The quantitative estimate of drug-likeness (QED) is 0.228. The number of aromatic hydroxyl groups is 1. The van der Waals surface area contributed by atoms with Gasteiger partial charge in [0.1, 0.15) is 16.8 Å². The van der Waals surface area contributed by atoms with Gasteiger partial charge in [-0.3, -0.25) is 0 Å². The second-order valence-corrected chi connectivity index (χ2v) is 12.5. The predicted molar refractivity (Wildman–Crippen MR) is 176 cm³/mol. The maximum absolute atomic E-state index is 10.1. The molecule has 42 heavy (non-hydrogen) atoms. The lowest BCUT2D eigenvalue weighted by atomic mass is 10.1. The lowest BCUT2D eigenvalue weighted by Gasteiger charge is -2.10. The topological polar surface area (TPSA) is 43.2 Å². The van der Waals surface area contributed by atoms with E-state index in [1.807, 2.05) is 23.5 Å². The van der Waals surface area contributed by atoms with Gasteiger partial charge in [-0.25, -0.2) is 0 Å². The summed E-state index contributed by atoms with van der Waals surface area (Å²) in [4.78, 5) is 0. The van der Waals surface area contributed by atoms with Crippen LogP contribution < -0.4 is 0 Å². The molecule has 0 bridgehead atoms. The van der Waals surface area contributed by atoms with E-state index in [9.17, 15) is 5.11 Å². The van der Waals surface area contributed by atoms with Crippen molar-refractivity contribution in [3.63, 3.8) is 0 Å². The average Bonchev–Trinajstić information content (AvgIpc) is 3.69. The van der Waals surface area contributed by atoms with Gasteiger partial charge in [-0.1, -0.05) is 35.9 Å². The molecule has 1 N–H and O–H groups in total. The van der Waals surface area contributed by atoms with Crippen LogP contribution in [0.3, 0.4) is 0 Å². The van der Waals surface area contributed by atoms with Crippen molar-refractivity contribution in [3.05, 3.63) is 114 Å². The van der Waals surface area contributed by atoms with E-state index >= 15 is 0 Å². The van der Waals surface area contributed by atoms with Crippen LogP contribution in [-0.4, -0.2) is 14.2 Å². The van der Waals surface area contributed by atoms with Crippen molar-refractivity contribution < 1.29 is 9.52 Å². The maximum Gasteiger partial charge on any atom is 0.161 e. The molecule has 9 rings (SSSR count). The van der Waals surface area contributed by atoms with E-state index in [4.69, 9.17) is 4.42 Å². The molecule has 0 aliphatic heterocycles. The minimum absolute atomic E-state index is 0.249. The minimum Gasteiger partial charge on any atom is -0.508 e. The van der Waals surface area contributed by atoms with Gasteiger partial charge in [0, 0.05) is 37.6 Å². The lowest BCUT2D eigenvalue weighted by molar-refractivity contribution is 0.475. The Hall–Kier alpha value is -5.00. The number of rotatable bonds is 2. The predicted octanol–water partition coefficient (Wildman–Crippen LogP) is 10.5. The van der Waals surface area contributed by atoms with E-state index in [0.29, 0.717) is 0 Å². The van der Waals surface area contributed by atoms with Gasteiger partial charge in [-0.15, -0.1) is 11.3 Å². The summed E-state index contributed by atoms with van der Waals surface area (Å²) in [6, 6.07) is 34.1. The number of furan rings is 1. The van der Waals surface area contributed by atoms with Crippen molar-refractivity contribution in [1.29, 1.82) is 0 Å². The number of phenolic OH excluding ortho intramolecular Hbond substituents is 1. The monoisotopic (exact) mass is 562 g/mol. The van der Waals surface area contributed by atoms with Gasteiger partial charge in [-0.2, -0.15) is 0 Å². The van der Waals surface area contributed by atoms with E-state index in [1.54, 1.807) is 12.1 Å². The van der Waals surface area contributed by atoms with E-state index < -0.39 is 0 Å². The van der Waals surface area contributed by atoms with Gasteiger partial charge in [0.15, 0.2) is 5.58 Å². The Kier molecular flexibility index (Phi) is 4.67. The van der Waals surface area contributed by atoms with Crippen LogP contribution in [0.1, 0.15) is 16.7 Å². The van der Waals surface area contributed by atoms with E-state index in [2.05, 4.69) is 103 Å². The molecule has 4 heterocycles. The minimum atomic E-state index is 0.249. The third kappa shape index (κ3) is 3.17. The van der Waals surface area contributed by atoms with Gasteiger partial charge in [0.05, 0.1) is 21.3 Å². The van der Waals surface area contributed by atoms with Gasteiger partial charge in [0.25, 0.3) is 0 Å². The summed E-state index contributed by atoms with van der Waals surface area (Å²) in [6.07, 6.45) is 0. The zero-order valence-corrected chi connectivity index (χ0v) is 24.2. The number of thiophene rings is 1. The van der Waals surface area contributed by atoms with Crippen molar-refractivity contribution in [3.8, 4) is 17.1 Å². The lowest BCUT2D eigenvalue weighted by Crippen LogP contribution is -1.95. The Morgan fingerprint density at radius 2 is 1.17 bits per heavy atom. The molecule has 0 saturated heterocycles. The first-order valence-electron chi connectivity index (χ1n) is 14.2. The number of aromatic nitrogens is 2. The number of nitrogens with zero attached hydrogens (tertiary/aromatic N) is 2. The normalized spacial score (nSPS) is 12.3. The first-order valence-corrected chi connectivity index (χ1v) is 15.0. The maximum atomic E-state index is 10.1. The summed E-state index contributed by atoms with van der Waals surface area (Å²) in [5.41, 5.74) is 12.1. The van der Waals surface area contributed by atoms with E-state index in [0.717, 1.165) is 55.4 Å². The number of benzene rings is 5. The van der Waals surface area contributed by atoms with Gasteiger partial charge < -0.3 is 18.7 Å². The Bertz CT molecular complexity index is 2360. The Morgan fingerprint density at radius 3 is 1.93 bits per heavy atom. The van der Waals surface area contributed by atoms with Crippen LogP contribution in [0.5, 0.6) is 5.75 Å². The number of aryl methyl sites for hydroxylation is 3. The van der Waals surface area contributed by atoms with Crippen molar-refractivity contribution in [2.24, 2.45) is 0 Å². The highest BCUT2D eigenvalue weighted by Gasteiger charge is 2.24. The zero-order valence-electron chi connectivity index (χ0n) is 23.4. The molecule has 0 saturated carbocycles. The van der Waals surface area contributed by atoms with Crippen LogP contribution in [0.25, 0.3) is 75.6 Å². The molecule has 4 nitrogen and oxygen atoms in total. The van der Waals surface area contributed by atoms with Gasteiger partial charge in [-0.05, 0) is 98.6 Å². The Labute approximate surface area is 245 Å². The fourth-order valence-electron chi connectivity index (χ4n) is 6.57. The fraction of sp³-hybridized carbons (Fsp3) is 0.0811. The Balaban J connectivity index is 1.50. The Morgan fingerprint density at radius 1 is 0.571 bits per heavy atom. The number of phenols is 1. The summed E-state index contributed by atoms with van der Waals surface area (Å²) < 4.78 is 13.9. The largest absolute Gasteiger partial charge is 0.508 e. The molecule has 0 unspecified atom stereocenters. The first-order chi connectivity index (χ1) is 20.4. The molecule has 4 aromatic heterocycles. The smallest absolute Gasteiger partial charge is 0.161 e. The molecule has 0 amide bonds. The van der Waals surface area contributed by atoms with Crippen LogP contribution in [0.15, 0.2) is 101 Å². The highest BCUT2D eigenvalue weighted by Crippen LogP contribution is 2.46. The van der Waals surface area contributed by atoms with Gasteiger partial charge in [0.2, 0.25) is 0 Å². The third-order valence-electron chi connectivity index (χ3n) is 8.57. The highest BCUT2D eigenvalue weighted by molar-refractivity contribution is 7.26. The van der Waals surface area contributed by atoms with Crippen molar-refractivity contribution >= 4 is 75.5 Å². The summed E-state index contributed by atoms with van der Waals surface area (Å²) >= 11 is 1.86. The van der Waals surface area contributed by atoms with E-state index in [-0.39, 0.29) is 5.75 Å². The number of hydrogen-bond acceptors (Lipinski definition) is 3. The SMILES string of the molecule is Cc1ccc(-n2c3cc4c5oc6cc(C)ccc6c5n(-c5ccc(O)cc5)c4cc3c3sc4cc(C)ccc4c32)cc1. The van der Waals surface area contributed by atoms with E-state index in [1.165, 1.54) is 36.8 Å². The van der Waals surface area contributed by atoms with Crippen LogP contribution in [-0.2, 0) is 0 Å². The summed E-state index contributed by atoms with van der Waals surface area (Å²) in [5, 5.41) is 14.7. The summed E-state index contributed by atoms with van der Waals surface area (Å²) in [7, 11) is 0. The molecule has 0 spiro atoms. The molecular formula is C37H26N2O2S. The third-order valence-corrected chi connectivity index (χ3v) is 9.75. The van der Waals surface area contributed by atoms with Crippen molar-refractivity contribution in [2.45, 2.75) is 20.8 Å². The first kappa shape index (κ1) is 23.7. The highest BCUT2D eigenvalue weighted by atomic mass is 32.1. The second kappa shape index (κ2) is 8.28. The van der Waals surface area contributed by atoms with Crippen LogP contribution in [0.4, 0.5) is 0 Å². The molecule has 0 atom stereocenters. The van der Waals surface area contributed by atoms with Gasteiger partial charge >= 0.3 is 0 Å².